The van der Waals surface area contributed by atoms with E-state index >= 15 is 0 Å². The van der Waals surface area contributed by atoms with E-state index in [0.29, 0.717) is 11.5 Å². The third-order valence-corrected chi connectivity index (χ3v) is 5.20. The van der Waals surface area contributed by atoms with Gasteiger partial charge in [0.05, 0.1) is 12.3 Å². The molecule has 9 nitrogen and oxygen atoms in total. The molecule has 0 radical (unpaired) electrons. The van der Waals surface area contributed by atoms with Crippen molar-refractivity contribution in [1.29, 1.82) is 0 Å². The van der Waals surface area contributed by atoms with Crippen molar-refractivity contribution in [2.75, 3.05) is 6.79 Å². The number of hydrogen-bond acceptors (Lipinski definition) is 7. The van der Waals surface area contributed by atoms with E-state index in [1.807, 2.05) is 18.0 Å². The van der Waals surface area contributed by atoms with E-state index in [-0.39, 0.29) is 6.79 Å². The second kappa shape index (κ2) is 6.16. The van der Waals surface area contributed by atoms with Crippen molar-refractivity contribution >= 4 is 0 Å². The minimum absolute atomic E-state index is 0.156. The zero-order chi connectivity index (χ0) is 19.6. The highest BCUT2D eigenvalue weighted by Gasteiger charge is 2.52. The summed E-state index contributed by atoms with van der Waals surface area (Å²) in [6.07, 6.45) is -2.35. The lowest BCUT2D eigenvalue weighted by Crippen LogP contribution is -2.38. The molecule has 1 N–H and O–H groups in total. The van der Waals surface area contributed by atoms with Crippen LogP contribution in [0.15, 0.2) is 27.9 Å². The summed E-state index contributed by atoms with van der Waals surface area (Å²) in [7, 11) is 0. The number of fused-ring (bicyclic) bond motifs is 2. The molecule has 5 atom stereocenters. The van der Waals surface area contributed by atoms with Crippen molar-refractivity contribution in [2.24, 2.45) is 0 Å². The Balaban J connectivity index is 1.48. The maximum absolute atomic E-state index is 13.7. The monoisotopic (exact) mass is 392 g/mol. The number of H-pyrrole nitrogens is 1. The van der Waals surface area contributed by atoms with Gasteiger partial charge in [0.1, 0.15) is 12.2 Å². The number of nitrogens with zero attached hydrogens (tertiary/aromatic N) is 1. The Kier molecular flexibility index (Phi) is 3.83. The van der Waals surface area contributed by atoms with Crippen molar-refractivity contribution in [3.05, 3.63) is 56.1 Å². The Morgan fingerprint density at radius 2 is 1.82 bits per heavy atom. The summed E-state index contributed by atoms with van der Waals surface area (Å²) in [5.74, 6) is 0.176. The van der Waals surface area contributed by atoms with Gasteiger partial charge in [0, 0.05) is 5.56 Å². The van der Waals surface area contributed by atoms with Crippen LogP contribution in [-0.2, 0) is 14.2 Å². The summed E-state index contributed by atoms with van der Waals surface area (Å²) in [6, 6.07) is 3.65. The molecular formula is C18H17FN2O7. The van der Waals surface area contributed by atoms with Gasteiger partial charge in [-0.1, -0.05) is 0 Å². The molecule has 148 valence electrons. The van der Waals surface area contributed by atoms with E-state index in [2.05, 4.69) is 0 Å². The smallest absolute Gasteiger partial charge is 0.330 e. The Morgan fingerprint density at radius 1 is 1.11 bits per heavy atom. The number of benzene rings is 1. The van der Waals surface area contributed by atoms with Gasteiger partial charge >= 0.3 is 5.69 Å². The molecule has 3 aliphatic rings. The van der Waals surface area contributed by atoms with Crippen molar-refractivity contribution in [3.8, 4) is 11.5 Å². The van der Waals surface area contributed by atoms with Crippen LogP contribution in [0, 0.1) is 12.7 Å². The molecule has 5 rings (SSSR count). The Morgan fingerprint density at radius 3 is 2.61 bits per heavy atom. The number of ether oxygens (including phenoxy) is 5. The third-order valence-electron chi connectivity index (χ3n) is 5.20. The second-order valence-corrected chi connectivity index (χ2v) is 6.97. The molecule has 0 aliphatic carbocycles. The summed E-state index contributed by atoms with van der Waals surface area (Å²) in [4.78, 5) is 25.4. The first-order valence-corrected chi connectivity index (χ1v) is 8.80. The van der Waals surface area contributed by atoms with Gasteiger partial charge in [-0.05, 0) is 31.5 Å². The number of nitrogens with one attached hydrogen (secondary N) is 1. The van der Waals surface area contributed by atoms with Crippen LogP contribution >= 0.6 is 0 Å². The van der Waals surface area contributed by atoms with Crippen LogP contribution in [0.25, 0.3) is 0 Å². The fraction of sp³-hybridized carbons (Fsp3) is 0.444. The summed E-state index contributed by atoms with van der Waals surface area (Å²) in [5, 5.41) is 0. The number of aromatic nitrogens is 2. The maximum Gasteiger partial charge on any atom is 0.330 e. The summed E-state index contributed by atoms with van der Waals surface area (Å²) >= 11 is 0. The van der Waals surface area contributed by atoms with E-state index < -0.39 is 47.9 Å². The minimum atomic E-state index is -1.08. The first-order valence-electron chi connectivity index (χ1n) is 8.80. The third kappa shape index (κ3) is 2.56. The minimum Gasteiger partial charge on any atom is -0.454 e. The summed E-state index contributed by atoms with van der Waals surface area (Å²) in [5.41, 5.74) is -0.201. The van der Waals surface area contributed by atoms with Gasteiger partial charge < -0.3 is 23.7 Å². The summed E-state index contributed by atoms with van der Waals surface area (Å²) < 4.78 is 43.4. The normalized spacial score (nSPS) is 30.6. The van der Waals surface area contributed by atoms with Crippen molar-refractivity contribution in [1.82, 2.24) is 9.55 Å². The van der Waals surface area contributed by atoms with Crippen molar-refractivity contribution < 1.29 is 28.1 Å². The fourth-order valence-electron chi connectivity index (χ4n) is 3.79. The quantitative estimate of drug-likeness (QED) is 0.817. The van der Waals surface area contributed by atoms with Crippen LogP contribution in [0.4, 0.5) is 4.39 Å². The highest BCUT2D eigenvalue weighted by Crippen LogP contribution is 2.46. The lowest BCUT2D eigenvalue weighted by atomic mass is 10.1. The molecule has 1 unspecified atom stereocenters. The zero-order valence-electron chi connectivity index (χ0n) is 15.0. The van der Waals surface area contributed by atoms with Crippen LogP contribution in [0.2, 0.25) is 0 Å². The molecule has 3 aliphatic heterocycles. The van der Waals surface area contributed by atoms with E-state index in [1.165, 1.54) is 0 Å². The average molecular weight is 392 g/mol. The summed E-state index contributed by atoms with van der Waals surface area (Å²) in [6.45, 7) is 3.84. The van der Waals surface area contributed by atoms with Gasteiger partial charge in [-0.15, -0.1) is 0 Å². The molecular weight excluding hydrogens is 375 g/mol. The number of halogens is 1. The molecule has 1 aromatic carbocycles. The van der Waals surface area contributed by atoms with E-state index in [9.17, 15) is 14.0 Å². The Labute approximate surface area is 157 Å². The second-order valence-electron chi connectivity index (χ2n) is 6.97. The van der Waals surface area contributed by atoms with E-state index in [0.717, 1.165) is 21.9 Å². The molecule has 28 heavy (non-hydrogen) atoms. The number of aromatic amines is 1. The van der Waals surface area contributed by atoms with Gasteiger partial charge in [-0.25, -0.2) is 4.79 Å². The number of aryl methyl sites for hydroxylation is 1. The molecule has 2 saturated heterocycles. The lowest BCUT2D eigenvalue weighted by Gasteiger charge is -2.21. The highest BCUT2D eigenvalue weighted by molar-refractivity contribution is 5.48. The van der Waals surface area contributed by atoms with E-state index in [4.69, 9.17) is 23.7 Å². The van der Waals surface area contributed by atoms with Crippen LogP contribution in [0.3, 0.4) is 0 Å². The Bertz CT molecular complexity index is 1060. The standard InChI is InChI=1S/C18H17FN2O7/c1-7-3-11-12(25-6-24-11)4-9(7)17-27-13-8(2)26-16(14(13)28-17)21-5-10(19)15(22)20-18(21)23/h3-5,8,13-14,16-17H,6H2,1-2H3,(H,20,22,23)/t8-,13-,14-,16-,17?/m1/s1. The fourth-order valence-corrected chi connectivity index (χ4v) is 3.79. The lowest BCUT2D eigenvalue weighted by molar-refractivity contribution is -0.146. The van der Waals surface area contributed by atoms with Crippen LogP contribution in [0.1, 0.15) is 30.6 Å². The van der Waals surface area contributed by atoms with Crippen molar-refractivity contribution in [3.63, 3.8) is 0 Å². The largest absolute Gasteiger partial charge is 0.454 e. The predicted molar refractivity (Wildman–Crippen MR) is 90.7 cm³/mol. The number of hydrogen-bond donors (Lipinski definition) is 1. The zero-order valence-corrected chi connectivity index (χ0v) is 15.0. The highest BCUT2D eigenvalue weighted by atomic mass is 19.1. The molecule has 0 amide bonds. The SMILES string of the molecule is Cc1cc2c(cc1C1O[C@@H]3[C@H](O1)[C@@H](C)O[C@H]3n1cc(F)c(=O)[nH]c1=O)OCO2. The Hall–Kier alpha value is -2.69. The molecule has 4 heterocycles. The molecule has 0 spiro atoms. The molecule has 0 bridgehead atoms. The van der Waals surface area contributed by atoms with Crippen molar-refractivity contribution in [2.45, 2.75) is 44.7 Å². The van der Waals surface area contributed by atoms with Gasteiger partial charge in [-0.3, -0.25) is 14.3 Å². The van der Waals surface area contributed by atoms with Crippen LogP contribution < -0.4 is 20.7 Å². The molecule has 2 fully saturated rings. The number of rotatable bonds is 2. The molecule has 10 heteroatoms. The van der Waals surface area contributed by atoms with Gasteiger partial charge in [-0.2, -0.15) is 4.39 Å². The molecule has 1 aromatic heterocycles. The first kappa shape index (κ1) is 17.4. The van der Waals surface area contributed by atoms with Gasteiger partial charge in [0.2, 0.25) is 12.6 Å². The maximum atomic E-state index is 13.7. The van der Waals surface area contributed by atoms with E-state index in [1.54, 1.807) is 13.0 Å². The first-order chi connectivity index (χ1) is 13.4. The van der Waals surface area contributed by atoms with Gasteiger partial charge in [0.15, 0.2) is 24.0 Å². The topological polar surface area (TPSA) is 101 Å². The predicted octanol–water partition coefficient (Wildman–Crippen LogP) is 1.11. The van der Waals surface area contributed by atoms with Crippen LogP contribution in [-0.4, -0.2) is 34.7 Å². The average Bonchev–Trinajstić information content (AvgIpc) is 3.34. The van der Waals surface area contributed by atoms with Crippen LogP contribution in [0.5, 0.6) is 11.5 Å². The molecule has 2 aromatic rings. The molecule has 0 saturated carbocycles. The van der Waals surface area contributed by atoms with Gasteiger partial charge in [0.25, 0.3) is 5.56 Å².